The molecule has 3 rings (SSSR count). The second kappa shape index (κ2) is 10.3. The van der Waals surface area contributed by atoms with E-state index < -0.39 is 6.10 Å². The van der Waals surface area contributed by atoms with E-state index in [1.165, 1.54) is 6.07 Å². The smallest absolute Gasteiger partial charge is 0.136 e. The molecule has 2 heterocycles. The second-order valence-electron chi connectivity index (χ2n) is 8.29. The van der Waals surface area contributed by atoms with Gasteiger partial charge in [0.25, 0.3) is 0 Å². The predicted octanol–water partition coefficient (Wildman–Crippen LogP) is 2.73. The molecule has 1 saturated heterocycles. The first-order valence-corrected chi connectivity index (χ1v) is 10.7. The second-order valence-corrected chi connectivity index (χ2v) is 8.29. The summed E-state index contributed by atoms with van der Waals surface area (Å²) in [5.74, 6) is 1.45. The highest BCUT2D eigenvalue weighted by atomic mass is 19.1. The molecule has 1 aromatic carbocycles. The van der Waals surface area contributed by atoms with Crippen molar-refractivity contribution < 1.29 is 14.2 Å². The van der Waals surface area contributed by atoms with Crippen LogP contribution in [0.5, 0.6) is 0 Å². The first-order chi connectivity index (χ1) is 14.3. The summed E-state index contributed by atoms with van der Waals surface area (Å²) in [6.45, 7) is 12.2. The van der Waals surface area contributed by atoms with E-state index in [9.17, 15) is 9.50 Å². The highest BCUT2D eigenvalue weighted by Gasteiger charge is 2.23. The van der Waals surface area contributed by atoms with E-state index in [4.69, 9.17) is 9.72 Å². The Morgan fingerprint density at radius 2 is 1.87 bits per heavy atom. The number of aliphatic hydroxyl groups excluding tert-OH is 1. The molecule has 30 heavy (non-hydrogen) atoms. The van der Waals surface area contributed by atoms with Crippen molar-refractivity contribution >= 4 is 5.82 Å². The van der Waals surface area contributed by atoms with Gasteiger partial charge in [0.15, 0.2) is 0 Å². The Hall–Kier alpha value is -2.09. The van der Waals surface area contributed by atoms with Crippen LogP contribution >= 0.6 is 0 Å². The molecule has 1 N–H and O–H groups in total. The Labute approximate surface area is 178 Å². The third kappa shape index (κ3) is 6.20. The molecule has 0 radical (unpaired) electrons. The Morgan fingerprint density at radius 3 is 2.53 bits per heavy atom. The predicted molar refractivity (Wildman–Crippen MR) is 116 cm³/mol. The lowest BCUT2D eigenvalue weighted by Gasteiger charge is -2.37. The monoisotopic (exact) mass is 416 g/mol. The number of hydrogen-bond donors (Lipinski definition) is 1. The standard InChI is InChI=1S/C23H33FN4O2/c1-16(2)30-15-21(29)14-27-8-10-28(11-9-27)23-22(17(3)25-18(4)26-23)13-19-6-5-7-20(24)12-19/h5-7,12,16,21,29H,8-11,13-15H2,1-4H3/t21-/m1/s1. The summed E-state index contributed by atoms with van der Waals surface area (Å²) < 4.78 is 19.2. The summed E-state index contributed by atoms with van der Waals surface area (Å²) >= 11 is 0. The van der Waals surface area contributed by atoms with Crippen LogP contribution in [0.15, 0.2) is 24.3 Å². The van der Waals surface area contributed by atoms with Gasteiger partial charge in [0.05, 0.1) is 18.8 Å². The molecular formula is C23H33FN4O2. The highest BCUT2D eigenvalue weighted by molar-refractivity contribution is 5.51. The van der Waals surface area contributed by atoms with Gasteiger partial charge in [0.2, 0.25) is 0 Å². The van der Waals surface area contributed by atoms with E-state index >= 15 is 0 Å². The van der Waals surface area contributed by atoms with Gasteiger partial charge in [0.1, 0.15) is 17.5 Å². The first kappa shape index (κ1) is 22.6. The van der Waals surface area contributed by atoms with E-state index in [1.807, 2.05) is 33.8 Å². The minimum absolute atomic E-state index is 0.122. The van der Waals surface area contributed by atoms with Gasteiger partial charge in [-0.25, -0.2) is 14.4 Å². The van der Waals surface area contributed by atoms with Gasteiger partial charge in [-0.05, 0) is 45.4 Å². The van der Waals surface area contributed by atoms with E-state index in [1.54, 1.807) is 12.1 Å². The molecule has 7 heteroatoms. The van der Waals surface area contributed by atoms with Crippen LogP contribution in [0.2, 0.25) is 0 Å². The summed E-state index contributed by atoms with van der Waals surface area (Å²) in [6.07, 6.45) is 0.244. The number of piperazine rings is 1. The lowest BCUT2D eigenvalue weighted by Crippen LogP contribution is -2.49. The lowest BCUT2D eigenvalue weighted by atomic mass is 10.0. The van der Waals surface area contributed by atoms with Gasteiger partial charge in [0, 0.05) is 50.4 Å². The fourth-order valence-electron chi connectivity index (χ4n) is 3.83. The van der Waals surface area contributed by atoms with Crippen molar-refractivity contribution in [2.45, 2.75) is 46.3 Å². The number of hydrogen-bond acceptors (Lipinski definition) is 6. The van der Waals surface area contributed by atoms with Gasteiger partial charge in [-0.2, -0.15) is 0 Å². The molecule has 0 unspecified atom stereocenters. The number of aliphatic hydroxyl groups is 1. The van der Waals surface area contributed by atoms with E-state index in [0.717, 1.165) is 54.6 Å². The molecule has 1 aliphatic heterocycles. The molecule has 0 amide bonds. The summed E-state index contributed by atoms with van der Waals surface area (Å²) in [7, 11) is 0. The van der Waals surface area contributed by atoms with Gasteiger partial charge < -0.3 is 14.7 Å². The van der Waals surface area contributed by atoms with Crippen LogP contribution < -0.4 is 4.90 Å². The van der Waals surface area contributed by atoms with E-state index in [-0.39, 0.29) is 11.9 Å². The molecule has 164 valence electrons. The topological polar surface area (TPSA) is 61.7 Å². The molecule has 1 fully saturated rings. The maximum atomic E-state index is 13.7. The highest BCUT2D eigenvalue weighted by Crippen LogP contribution is 2.25. The van der Waals surface area contributed by atoms with Crippen LogP contribution in [0.25, 0.3) is 0 Å². The van der Waals surface area contributed by atoms with Crippen molar-refractivity contribution in [1.82, 2.24) is 14.9 Å². The molecule has 0 spiro atoms. The average molecular weight is 417 g/mol. The fraction of sp³-hybridized carbons (Fsp3) is 0.565. The third-order valence-corrected chi connectivity index (χ3v) is 5.34. The number of rotatable bonds is 8. The molecule has 0 saturated carbocycles. The average Bonchev–Trinajstić information content (AvgIpc) is 2.69. The van der Waals surface area contributed by atoms with Crippen molar-refractivity contribution in [3.8, 4) is 0 Å². The number of aromatic nitrogens is 2. The van der Waals surface area contributed by atoms with Gasteiger partial charge >= 0.3 is 0 Å². The van der Waals surface area contributed by atoms with Crippen molar-refractivity contribution in [3.63, 3.8) is 0 Å². The van der Waals surface area contributed by atoms with Crippen molar-refractivity contribution in [1.29, 1.82) is 0 Å². The molecule has 1 aromatic heterocycles. The number of benzene rings is 1. The third-order valence-electron chi connectivity index (χ3n) is 5.34. The minimum Gasteiger partial charge on any atom is -0.389 e. The summed E-state index contributed by atoms with van der Waals surface area (Å²) in [4.78, 5) is 13.8. The van der Waals surface area contributed by atoms with Crippen molar-refractivity contribution in [2.75, 3.05) is 44.2 Å². The largest absolute Gasteiger partial charge is 0.389 e. The van der Waals surface area contributed by atoms with E-state index in [2.05, 4.69) is 14.8 Å². The Bertz CT molecular complexity index is 838. The van der Waals surface area contributed by atoms with Gasteiger partial charge in [-0.3, -0.25) is 4.90 Å². The lowest BCUT2D eigenvalue weighted by molar-refractivity contribution is -0.00901. The zero-order valence-corrected chi connectivity index (χ0v) is 18.4. The molecule has 1 aliphatic rings. The number of nitrogens with zero attached hydrogens (tertiary/aromatic N) is 4. The van der Waals surface area contributed by atoms with E-state index in [0.29, 0.717) is 19.6 Å². The quantitative estimate of drug-likeness (QED) is 0.714. The van der Waals surface area contributed by atoms with Crippen molar-refractivity contribution in [2.24, 2.45) is 0 Å². The summed E-state index contributed by atoms with van der Waals surface area (Å²) in [6, 6.07) is 6.71. The fourth-order valence-corrected chi connectivity index (χ4v) is 3.83. The molecule has 2 aromatic rings. The zero-order valence-electron chi connectivity index (χ0n) is 18.4. The number of anilines is 1. The minimum atomic E-state index is -0.481. The number of β-amino-alcohol motifs (C(OH)–C–C–N with tert-alkyl or cyclic N) is 1. The Balaban J connectivity index is 1.68. The normalized spacial score (nSPS) is 16.3. The number of aryl methyl sites for hydroxylation is 2. The van der Waals surface area contributed by atoms with Crippen LogP contribution in [0.4, 0.5) is 10.2 Å². The molecule has 0 aliphatic carbocycles. The van der Waals surface area contributed by atoms with Crippen LogP contribution in [0.3, 0.4) is 0 Å². The number of halogens is 1. The summed E-state index contributed by atoms with van der Waals surface area (Å²) in [5, 5.41) is 10.2. The van der Waals surface area contributed by atoms with Crippen LogP contribution in [-0.4, -0.2) is 71.5 Å². The first-order valence-electron chi connectivity index (χ1n) is 10.7. The van der Waals surface area contributed by atoms with Crippen LogP contribution in [-0.2, 0) is 11.2 Å². The zero-order chi connectivity index (χ0) is 21.7. The maximum Gasteiger partial charge on any atom is 0.136 e. The SMILES string of the molecule is Cc1nc(C)c(Cc2cccc(F)c2)c(N2CCN(C[C@@H](O)COC(C)C)CC2)n1. The van der Waals surface area contributed by atoms with Crippen LogP contribution in [0.1, 0.15) is 36.5 Å². The Kier molecular flexibility index (Phi) is 7.75. The molecule has 0 bridgehead atoms. The summed E-state index contributed by atoms with van der Waals surface area (Å²) in [5.41, 5.74) is 2.90. The molecule has 1 atom stereocenters. The number of ether oxygens (including phenoxy) is 1. The van der Waals surface area contributed by atoms with Crippen LogP contribution in [0, 0.1) is 19.7 Å². The maximum absolute atomic E-state index is 13.7. The molecular weight excluding hydrogens is 383 g/mol. The Morgan fingerprint density at radius 1 is 1.13 bits per heavy atom. The molecule has 6 nitrogen and oxygen atoms in total. The van der Waals surface area contributed by atoms with Crippen molar-refractivity contribution in [3.05, 3.63) is 52.7 Å². The van der Waals surface area contributed by atoms with Gasteiger partial charge in [-0.15, -0.1) is 0 Å². The van der Waals surface area contributed by atoms with Gasteiger partial charge in [-0.1, -0.05) is 12.1 Å².